The van der Waals surface area contributed by atoms with E-state index in [1.807, 2.05) is 53.7 Å². The lowest BCUT2D eigenvalue weighted by Gasteiger charge is -2.30. The lowest BCUT2D eigenvalue weighted by molar-refractivity contribution is 0.0427. The number of carbonyl (C=O) groups is 2. The Bertz CT molecular complexity index is 1220. The van der Waals surface area contributed by atoms with Gasteiger partial charge < -0.3 is 14.6 Å². The van der Waals surface area contributed by atoms with Crippen LogP contribution < -0.4 is 4.74 Å². The van der Waals surface area contributed by atoms with E-state index in [4.69, 9.17) is 9.47 Å². The Balaban J connectivity index is 2.67. The minimum atomic E-state index is -0.496. The molecule has 0 radical (unpaired) electrons. The number of hydrogen-bond donors (Lipinski definition) is 1. The number of ether oxygens (including phenoxy) is 2. The smallest absolute Gasteiger partial charge is 0.343 e. The van der Waals surface area contributed by atoms with Gasteiger partial charge in [-0.1, -0.05) is 116 Å². The van der Waals surface area contributed by atoms with Gasteiger partial charge >= 0.3 is 11.9 Å². The molecule has 0 amide bonds. The van der Waals surface area contributed by atoms with E-state index in [1.165, 1.54) is 0 Å². The Kier molecular flexibility index (Phi) is 11.4. The number of benzene rings is 2. The summed E-state index contributed by atoms with van der Waals surface area (Å²) in [6.07, 6.45) is 4.25. The first-order valence-corrected chi connectivity index (χ1v) is 16.0. The van der Waals surface area contributed by atoms with Gasteiger partial charge in [-0.15, -0.1) is 0 Å². The van der Waals surface area contributed by atoms with Crippen LogP contribution >= 0.6 is 0 Å². The molecule has 0 bridgehead atoms. The summed E-state index contributed by atoms with van der Waals surface area (Å²) in [6.45, 7) is 29.1. The zero-order valence-corrected chi connectivity index (χ0v) is 29.5. The highest BCUT2D eigenvalue weighted by Gasteiger charge is 2.33. The topological polar surface area (TPSA) is 72.8 Å². The van der Waals surface area contributed by atoms with E-state index in [-0.39, 0.29) is 22.5 Å². The first-order chi connectivity index (χ1) is 19.5. The van der Waals surface area contributed by atoms with Gasteiger partial charge in [-0.25, -0.2) is 9.59 Å². The third kappa shape index (κ3) is 9.33. The normalized spacial score (nSPS) is 13.5. The third-order valence-corrected chi connectivity index (χ3v) is 8.09. The minimum absolute atomic E-state index is 0.213. The molecule has 0 saturated heterocycles. The molecule has 1 atom stereocenters. The van der Waals surface area contributed by atoms with Crippen molar-refractivity contribution in [2.24, 2.45) is 5.92 Å². The lowest BCUT2D eigenvalue weighted by atomic mass is 9.78. The number of esters is 2. The summed E-state index contributed by atoms with van der Waals surface area (Å²) in [6, 6.07) is 7.14. The van der Waals surface area contributed by atoms with Crippen molar-refractivity contribution >= 4 is 11.9 Å². The minimum Gasteiger partial charge on any atom is -0.507 e. The van der Waals surface area contributed by atoms with Gasteiger partial charge in [0.05, 0.1) is 17.7 Å². The Labute approximate surface area is 261 Å². The monoisotopic (exact) mass is 594 g/mol. The molecule has 0 saturated carbocycles. The molecular formula is C38H58O5. The van der Waals surface area contributed by atoms with Crippen LogP contribution in [0.3, 0.4) is 0 Å². The van der Waals surface area contributed by atoms with Crippen molar-refractivity contribution in [2.75, 3.05) is 6.61 Å². The van der Waals surface area contributed by atoms with Gasteiger partial charge in [-0.2, -0.15) is 0 Å². The average molecular weight is 595 g/mol. The molecule has 240 valence electrons. The van der Waals surface area contributed by atoms with Gasteiger partial charge in [0.1, 0.15) is 11.5 Å². The molecule has 1 N–H and O–H groups in total. The summed E-state index contributed by atoms with van der Waals surface area (Å²) in [4.78, 5) is 27.4. The van der Waals surface area contributed by atoms with Crippen LogP contribution in [0.5, 0.6) is 11.5 Å². The van der Waals surface area contributed by atoms with Crippen LogP contribution in [0.2, 0.25) is 0 Å². The summed E-state index contributed by atoms with van der Waals surface area (Å²) < 4.78 is 12.1. The molecule has 0 aliphatic rings. The van der Waals surface area contributed by atoms with Gasteiger partial charge in [0, 0.05) is 22.3 Å². The van der Waals surface area contributed by atoms with Crippen molar-refractivity contribution in [1.82, 2.24) is 0 Å². The molecule has 2 rings (SSSR count). The van der Waals surface area contributed by atoms with Crippen LogP contribution in [-0.4, -0.2) is 23.7 Å². The number of unbranched alkanes of at least 4 members (excludes halogenated alkanes) is 1. The van der Waals surface area contributed by atoms with Crippen LogP contribution in [0, 0.1) is 5.92 Å². The zero-order valence-electron chi connectivity index (χ0n) is 29.5. The van der Waals surface area contributed by atoms with Gasteiger partial charge in [0.2, 0.25) is 0 Å². The molecule has 2 aromatic carbocycles. The molecule has 43 heavy (non-hydrogen) atoms. The van der Waals surface area contributed by atoms with Crippen molar-refractivity contribution in [3.63, 3.8) is 0 Å². The van der Waals surface area contributed by atoms with Crippen LogP contribution in [0.15, 0.2) is 24.3 Å². The van der Waals surface area contributed by atoms with E-state index in [2.05, 4.69) is 55.4 Å². The van der Waals surface area contributed by atoms with Gasteiger partial charge in [0.25, 0.3) is 0 Å². The van der Waals surface area contributed by atoms with Gasteiger partial charge in [-0.05, 0) is 58.3 Å². The number of phenols is 1. The lowest BCUT2D eigenvalue weighted by Crippen LogP contribution is -2.24. The molecular weight excluding hydrogens is 536 g/mol. The number of phenolic OH excluding ortho intramolecular Hbond substituents is 1. The van der Waals surface area contributed by atoms with Crippen molar-refractivity contribution in [2.45, 2.75) is 144 Å². The predicted octanol–water partition coefficient (Wildman–Crippen LogP) is 10.2. The molecule has 1 unspecified atom stereocenters. The molecule has 0 aliphatic carbocycles. The van der Waals surface area contributed by atoms with Crippen molar-refractivity contribution in [3.8, 4) is 11.5 Å². The summed E-state index contributed by atoms with van der Waals surface area (Å²) >= 11 is 0. The van der Waals surface area contributed by atoms with Gasteiger partial charge in [0.15, 0.2) is 0 Å². The van der Waals surface area contributed by atoms with E-state index in [1.54, 1.807) is 12.1 Å². The van der Waals surface area contributed by atoms with Gasteiger partial charge in [-0.3, -0.25) is 0 Å². The second-order valence-corrected chi connectivity index (χ2v) is 16.2. The fraction of sp³-hybridized carbons (Fsp3) is 0.632. The Morgan fingerprint density at radius 2 is 1.07 bits per heavy atom. The van der Waals surface area contributed by atoms with E-state index >= 15 is 0 Å². The van der Waals surface area contributed by atoms with E-state index in [0.29, 0.717) is 40.5 Å². The second-order valence-electron chi connectivity index (χ2n) is 16.2. The van der Waals surface area contributed by atoms with Crippen molar-refractivity contribution < 1.29 is 24.2 Å². The predicted molar refractivity (Wildman–Crippen MR) is 178 cm³/mol. The number of hydrogen-bond acceptors (Lipinski definition) is 5. The fourth-order valence-electron chi connectivity index (χ4n) is 5.19. The summed E-state index contributed by atoms with van der Waals surface area (Å²) in [5.74, 6) is 0.175. The molecule has 0 heterocycles. The number of carbonyl (C=O) groups excluding carboxylic acids is 2. The molecule has 0 fully saturated rings. The molecule has 0 aliphatic heterocycles. The summed E-state index contributed by atoms with van der Waals surface area (Å²) in [7, 11) is 0. The fourth-order valence-corrected chi connectivity index (χ4v) is 5.19. The maximum Gasteiger partial charge on any atom is 0.343 e. The Hall–Kier alpha value is -2.82. The highest BCUT2D eigenvalue weighted by molar-refractivity contribution is 5.94. The number of aromatic hydroxyl groups is 1. The second kappa shape index (κ2) is 13.4. The molecule has 2 aromatic rings. The standard InChI is InChI=1S/C38H58O5/c1-15-17-18-24(16-2)23-42-33(40)25-21-29(37(9,10)11)32(30(22-25)38(12,13)14)43-34(41)26-19-27(35(3,4)5)31(39)28(20-26)36(6,7)8/h19-22,24,39H,15-18,23H2,1-14H3. The quantitative estimate of drug-likeness (QED) is 0.231. The third-order valence-electron chi connectivity index (χ3n) is 8.09. The zero-order chi connectivity index (χ0) is 33.1. The SMILES string of the molecule is CCCCC(CC)COC(=O)c1cc(C(C)(C)C)c(OC(=O)c2cc(C(C)(C)C)c(O)c(C(C)(C)C)c2)c(C(C)(C)C)c1. The largest absolute Gasteiger partial charge is 0.507 e. The summed E-state index contributed by atoms with van der Waals surface area (Å²) in [5, 5.41) is 11.2. The molecule has 5 heteroatoms. The maximum absolute atomic E-state index is 14.0. The highest BCUT2D eigenvalue weighted by Crippen LogP contribution is 2.43. The average Bonchev–Trinajstić information content (AvgIpc) is 2.86. The van der Waals surface area contributed by atoms with Crippen LogP contribution in [0.4, 0.5) is 0 Å². The highest BCUT2D eigenvalue weighted by atomic mass is 16.5. The van der Waals surface area contributed by atoms with E-state index in [9.17, 15) is 14.7 Å². The molecule has 0 spiro atoms. The summed E-state index contributed by atoms with van der Waals surface area (Å²) in [5.41, 5.74) is 2.15. The van der Waals surface area contributed by atoms with Crippen molar-refractivity contribution in [1.29, 1.82) is 0 Å². The van der Waals surface area contributed by atoms with Crippen molar-refractivity contribution in [3.05, 3.63) is 57.6 Å². The molecule has 5 nitrogen and oxygen atoms in total. The maximum atomic E-state index is 14.0. The first kappa shape index (κ1) is 36.4. The Morgan fingerprint density at radius 1 is 0.674 bits per heavy atom. The first-order valence-electron chi connectivity index (χ1n) is 16.0. The van der Waals surface area contributed by atoms with E-state index < -0.39 is 16.8 Å². The van der Waals surface area contributed by atoms with Crippen LogP contribution in [0.25, 0.3) is 0 Å². The molecule has 0 aromatic heterocycles. The number of rotatable bonds is 9. The van der Waals surface area contributed by atoms with Crippen LogP contribution in [-0.2, 0) is 26.4 Å². The van der Waals surface area contributed by atoms with E-state index in [0.717, 1.165) is 36.8 Å². The van der Waals surface area contributed by atoms with Crippen LogP contribution in [0.1, 0.15) is 166 Å². The Morgan fingerprint density at radius 3 is 1.44 bits per heavy atom.